The van der Waals surface area contributed by atoms with Crippen molar-refractivity contribution in [1.29, 1.82) is 0 Å². The number of halogens is 1. The number of aliphatic carboxylic acids is 1. The highest BCUT2D eigenvalue weighted by molar-refractivity contribution is 5.81. The van der Waals surface area contributed by atoms with Gasteiger partial charge in [-0.05, 0) is 31.0 Å². The summed E-state index contributed by atoms with van der Waals surface area (Å²) in [6.45, 7) is 2.35. The van der Waals surface area contributed by atoms with E-state index in [1.807, 2.05) is 0 Å². The van der Waals surface area contributed by atoms with E-state index < -0.39 is 11.4 Å². The van der Waals surface area contributed by atoms with Crippen molar-refractivity contribution in [3.05, 3.63) is 35.6 Å². The van der Waals surface area contributed by atoms with Gasteiger partial charge in [0.25, 0.3) is 0 Å². The van der Waals surface area contributed by atoms with Crippen LogP contribution in [0, 0.1) is 11.2 Å². The lowest BCUT2D eigenvalue weighted by Gasteiger charge is -2.20. The van der Waals surface area contributed by atoms with Crippen molar-refractivity contribution in [2.75, 3.05) is 13.1 Å². The summed E-state index contributed by atoms with van der Waals surface area (Å²) < 4.78 is 12.8. The minimum absolute atomic E-state index is 0.114. The SMILES string of the molecule is CC1(C(=O)O)CCN(C(=O)Cc2ccc(F)cc2)C1. The quantitative estimate of drug-likeness (QED) is 0.904. The van der Waals surface area contributed by atoms with Crippen molar-refractivity contribution in [3.63, 3.8) is 0 Å². The van der Waals surface area contributed by atoms with Crippen LogP contribution < -0.4 is 0 Å². The largest absolute Gasteiger partial charge is 0.481 e. The molecule has 1 amide bonds. The molecule has 0 aliphatic carbocycles. The molecule has 1 aromatic rings. The van der Waals surface area contributed by atoms with Crippen molar-refractivity contribution in [2.45, 2.75) is 19.8 Å². The summed E-state index contributed by atoms with van der Waals surface area (Å²) in [4.78, 5) is 24.7. The Balaban J connectivity index is 1.98. The van der Waals surface area contributed by atoms with Gasteiger partial charge in [0.2, 0.25) is 5.91 Å². The molecule has 0 saturated carbocycles. The zero-order valence-corrected chi connectivity index (χ0v) is 10.7. The van der Waals surface area contributed by atoms with Crippen molar-refractivity contribution >= 4 is 11.9 Å². The maximum absolute atomic E-state index is 12.8. The summed E-state index contributed by atoms with van der Waals surface area (Å²) in [7, 11) is 0. The van der Waals surface area contributed by atoms with E-state index in [9.17, 15) is 14.0 Å². The summed E-state index contributed by atoms with van der Waals surface area (Å²) in [5.74, 6) is -1.32. The molecular formula is C14H16FNO3. The first kappa shape index (κ1) is 13.5. The van der Waals surface area contributed by atoms with Gasteiger partial charge in [-0.3, -0.25) is 9.59 Å². The zero-order chi connectivity index (χ0) is 14.0. The smallest absolute Gasteiger partial charge is 0.311 e. The third kappa shape index (κ3) is 2.92. The van der Waals surface area contributed by atoms with Crippen LogP contribution in [0.4, 0.5) is 4.39 Å². The van der Waals surface area contributed by atoms with Gasteiger partial charge in [0.15, 0.2) is 0 Å². The molecule has 4 nitrogen and oxygen atoms in total. The number of carbonyl (C=O) groups excluding carboxylic acids is 1. The molecule has 1 saturated heterocycles. The molecule has 0 radical (unpaired) electrons. The van der Waals surface area contributed by atoms with E-state index in [0.717, 1.165) is 5.56 Å². The Morgan fingerprint density at radius 2 is 2.00 bits per heavy atom. The minimum atomic E-state index is -0.871. The van der Waals surface area contributed by atoms with E-state index in [2.05, 4.69) is 0 Å². The van der Waals surface area contributed by atoms with E-state index in [4.69, 9.17) is 5.11 Å². The fourth-order valence-corrected chi connectivity index (χ4v) is 2.24. The monoisotopic (exact) mass is 265 g/mol. The number of nitrogens with zero attached hydrogens (tertiary/aromatic N) is 1. The number of hydrogen-bond acceptors (Lipinski definition) is 2. The second-order valence-electron chi connectivity index (χ2n) is 5.23. The van der Waals surface area contributed by atoms with Crippen LogP contribution in [0.2, 0.25) is 0 Å². The molecule has 1 aliphatic rings. The predicted molar refractivity (Wildman–Crippen MR) is 67.0 cm³/mol. The Hall–Kier alpha value is -1.91. The van der Waals surface area contributed by atoms with Crippen LogP contribution in [0.5, 0.6) is 0 Å². The lowest BCUT2D eigenvalue weighted by molar-refractivity contribution is -0.147. The Labute approximate surface area is 110 Å². The van der Waals surface area contributed by atoms with Gasteiger partial charge >= 0.3 is 5.97 Å². The van der Waals surface area contributed by atoms with Crippen LogP contribution in [-0.4, -0.2) is 35.0 Å². The van der Waals surface area contributed by atoms with Crippen LogP contribution >= 0.6 is 0 Å². The number of carboxylic acid groups (broad SMARTS) is 1. The summed E-state index contributed by atoms with van der Waals surface area (Å²) in [6, 6.07) is 5.77. The minimum Gasteiger partial charge on any atom is -0.481 e. The van der Waals surface area contributed by atoms with Crippen LogP contribution in [0.3, 0.4) is 0 Å². The van der Waals surface area contributed by atoms with E-state index in [0.29, 0.717) is 13.0 Å². The maximum atomic E-state index is 12.8. The molecule has 1 aromatic carbocycles. The average molecular weight is 265 g/mol. The lowest BCUT2D eigenvalue weighted by atomic mass is 9.90. The number of likely N-dealkylation sites (tertiary alicyclic amines) is 1. The maximum Gasteiger partial charge on any atom is 0.311 e. The summed E-state index contributed by atoms with van der Waals surface area (Å²) in [5, 5.41) is 9.11. The number of rotatable bonds is 3. The van der Waals surface area contributed by atoms with E-state index in [-0.39, 0.29) is 24.7 Å². The molecule has 0 bridgehead atoms. The summed E-state index contributed by atoms with van der Waals surface area (Å²) in [5.41, 5.74) is -0.117. The number of carbonyl (C=O) groups is 2. The molecule has 0 spiro atoms. The fourth-order valence-electron chi connectivity index (χ4n) is 2.24. The molecule has 1 atom stereocenters. The van der Waals surface area contributed by atoms with Gasteiger partial charge in [-0.25, -0.2) is 4.39 Å². The lowest BCUT2D eigenvalue weighted by Crippen LogP contribution is -2.35. The van der Waals surface area contributed by atoms with Gasteiger partial charge in [-0.15, -0.1) is 0 Å². The third-order valence-corrected chi connectivity index (χ3v) is 3.61. The van der Waals surface area contributed by atoms with Gasteiger partial charge in [-0.2, -0.15) is 0 Å². The molecule has 5 heteroatoms. The van der Waals surface area contributed by atoms with E-state index >= 15 is 0 Å². The second-order valence-corrected chi connectivity index (χ2v) is 5.23. The van der Waals surface area contributed by atoms with E-state index in [1.165, 1.54) is 12.1 Å². The predicted octanol–water partition coefficient (Wildman–Crippen LogP) is 1.69. The first-order chi connectivity index (χ1) is 8.90. The average Bonchev–Trinajstić information content (AvgIpc) is 2.76. The van der Waals surface area contributed by atoms with Gasteiger partial charge in [0.1, 0.15) is 5.82 Å². The van der Waals surface area contributed by atoms with Gasteiger partial charge in [0, 0.05) is 13.1 Å². The molecular weight excluding hydrogens is 249 g/mol. The molecule has 1 unspecified atom stereocenters. The van der Waals surface area contributed by atoms with E-state index in [1.54, 1.807) is 24.0 Å². The Bertz CT molecular complexity index is 500. The topological polar surface area (TPSA) is 57.6 Å². The number of benzene rings is 1. The Morgan fingerprint density at radius 3 is 2.53 bits per heavy atom. The van der Waals surface area contributed by atoms with Crippen LogP contribution in [0.25, 0.3) is 0 Å². The standard InChI is InChI=1S/C14H16FNO3/c1-14(13(18)19)6-7-16(9-14)12(17)8-10-2-4-11(15)5-3-10/h2-5H,6-9H2,1H3,(H,18,19). The molecule has 102 valence electrons. The fraction of sp³-hybridized carbons (Fsp3) is 0.429. The van der Waals surface area contributed by atoms with Crippen LogP contribution in [-0.2, 0) is 16.0 Å². The van der Waals surface area contributed by atoms with Gasteiger partial charge < -0.3 is 10.0 Å². The number of hydrogen-bond donors (Lipinski definition) is 1. The summed E-state index contributed by atoms with van der Waals surface area (Å²) >= 11 is 0. The van der Waals surface area contributed by atoms with Crippen LogP contribution in [0.15, 0.2) is 24.3 Å². The molecule has 0 aromatic heterocycles. The molecule has 2 rings (SSSR count). The normalized spacial score (nSPS) is 22.5. The van der Waals surface area contributed by atoms with Crippen LogP contribution in [0.1, 0.15) is 18.9 Å². The highest BCUT2D eigenvalue weighted by atomic mass is 19.1. The number of amides is 1. The molecule has 1 aliphatic heterocycles. The highest BCUT2D eigenvalue weighted by Gasteiger charge is 2.41. The van der Waals surface area contributed by atoms with Crippen molar-refractivity contribution in [1.82, 2.24) is 4.90 Å². The Morgan fingerprint density at radius 1 is 1.37 bits per heavy atom. The molecule has 1 heterocycles. The van der Waals surface area contributed by atoms with Crippen molar-refractivity contribution in [2.24, 2.45) is 5.41 Å². The van der Waals surface area contributed by atoms with Gasteiger partial charge in [0.05, 0.1) is 11.8 Å². The molecule has 19 heavy (non-hydrogen) atoms. The highest BCUT2D eigenvalue weighted by Crippen LogP contribution is 2.30. The zero-order valence-electron chi connectivity index (χ0n) is 10.7. The summed E-state index contributed by atoms with van der Waals surface area (Å²) in [6.07, 6.45) is 0.646. The molecule has 1 N–H and O–H groups in total. The first-order valence-corrected chi connectivity index (χ1v) is 6.16. The van der Waals surface area contributed by atoms with Gasteiger partial charge in [-0.1, -0.05) is 12.1 Å². The second kappa shape index (κ2) is 4.99. The van der Waals surface area contributed by atoms with Crippen molar-refractivity contribution in [3.8, 4) is 0 Å². The van der Waals surface area contributed by atoms with Crippen molar-refractivity contribution < 1.29 is 19.1 Å². The Kier molecular flexibility index (Phi) is 3.55. The first-order valence-electron chi connectivity index (χ1n) is 6.16. The third-order valence-electron chi connectivity index (χ3n) is 3.61. The molecule has 1 fully saturated rings. The number of carboxylic acids is 1.